The molecule has 6 nitrogen and oxygen atoms in total. The van der Waals surface area contributed by atoms with Crippen LogP contribution in [0.25, 0.3) is 0 Å². The van der Waals surface area contributed by atoms with Crippen molar-refractivity contribution in [3.05, 3.63) is 48.0 Å². The maximum Gasteiger partial charge on any atom is 0.223 e. The van der Waals surface area contributed by atoms with Crippen molar-refractivity contribution in [2.24, 2.45) is 0 Å². The Morgan fingerprint density at radius 2 is 2.04 bits per heavy atom. The number of aromatic nitrogens is 1. The lowest BCUT2D eigenvalue weighted by atomic mass is 10.2. The van der Waals surface area contributed by atoms with E-state index in [4.69, 9.17) is 4.42 Å². The predicted octanol–water partition coefficient (Wildman–Crippen LogP) is 2.37. The minimum absolute atomic E-state index is 0.113. The van der Waals surface area contributed by atoms with Crippen molar-refractivity contribution in [3.63, 3.8) is 0 Å². The SMILES string of the molecule is Cc1ccc([C@@H](C)NCCC(=O)N2CCN(c3ccccn3)CC2)o1. The summed E-state index contributed by atoms with van der Waals surface area (Å²) in [4.78, 5) is 20.9. The first-order valence-corrected chi connectivity index (χ1v) is 8.87. The minimum atomic E-state index is 0.113. The number of furan rings is 1. The Hall–Kier alpha value is -2.34. The zero-order valence-electron chi connectivity index (χ0n) is 14.9. The second kappa shape index (κ2) is 8.16. The first kappa shape index (κ1) is 17.5. The second-order valence-corrected chi connectivity index (χ2v) is 6.43. The summed E-state index contributed by atoms with van der Waals surface area (Å²) in [5, 5.41) is 3.36. The second-order valence-electron chi connectivity index (χ2n) is 6.43. The Morgan fingerprint density at radius 1 is 1.24 bits per heavy atom. The van der Waals surface area contributed by atoms with E-state index < -0.39 is 0 Å². The molecule has 0 saturated carbocycles. The average molecular weight is 342 g/mol. The third-order valence-electron chi connectivity index (χ3n) is 4.58. The predicted molar refractivity (Wildman–Crippen MR) is 97.5 cm³/mol. The topological polar surface area (TPSA) is 61.6 Å². The highest BCUT2D eigenvalue weighted by molar-refractivity contribution is 5.76. The van der Waals surface area contributed by atoms with Gasteiger partial charge >= 0.3 is 0 Å². The summed E-state index contributed by atoms with van der Waals surface area (Å²) >= 11 is 0. The van der Waals surface area contributed by atoms with Crippen molar-refractivity contribution in [1.29, 1.82) is 0 Å². The molecule has 3 rings (SSSR count). The van der Waals surface area contributed by atoms with Crippen LogP contribution in [0.1, 0.15) is 30.9 Å². The lowest BCUT2D eigenvalue weighted by Gasteiger charge is -2.35. The molecule has 1 aliphatic rings. The highest BCUT2D eigenvalue weighted by Gasteiger charge is 2.21. The number of nitrogens with one attached hydrogen (secondary N) is 1. The maximum atomic E-state index is 12.4. The van der Waals surface area contributed by atoms with Crippen LogP contribution in [0.15, 0.2) is 40.9 Å². The average Bonchev–Trinajstić information content (AvgIpc) is 3.09. The number of amides is 1. The number of carbonyl (C=O) groups excluding carboxylic acids is 1. The Balaban J connectivity index is 1.39. The van der Waals surface area contributed by atoms with E-state index in [1.54, 1.807) is 6.20 Å². The van der Waals surface area contributed by atoms with Crippen LogP contribution in [0.3, 0.4) is 0 Å². The molecule has 0 aliphatic carbocycles. The zero-order valence-corrected chi connectivity index (χ0v) is 14.9. The van der Waals surface area contributed by atoms with Gasteiger partial charge in [-0.15, -0.1) is 0 Å². The number of hydrogen-bond acceptors (Lipinski definition) is 5. The molecule has 1 saturated heterocycles. The summed E-state index contributed by atoms with van der Waals surface area (Å²) in [6.45, 7) is 7.81. The van der Waals surface area contributed by atoms with Crippen LogP contribution in [-0.2, 0) is 4.79 Å². The van der Waals surface area contributed by atoms with E-state index in [1.807, 2.05) is 49.1 Å². The van der Waals surface area contributed by atoms with Crippen LogP contribution in [0.4, 0.5) is 5.82 Å². The highest BCUT2D eigenvalue weighted by atomic mass is 16.3. The molecule has 2 aromatic heterocycles. The van der Waals surface area contributed by atoms with E-state index in [0.29, 0.717) is 13.0 Å². The molecule has 134 valence electrons. The van der Waals surface area contributed by atoms with Gasteiger partial charge in [0, 0.05) is 45.3 Å². The van der Waals surface area contributed by atoms with Crippen molar-refractivity contribution >= 4 is 11.7 Å². The fourth-order valence-electron chi connectivity index (χ4n) is 3.07. The quantitative estimate of drug-likeness (QED) is 0.873. The lowest BCUT2D eigenvalue weighted by Crippen LogP contribution is -2.49. The van der Waals surface area contributed by atoms with Crippen LogP contribution >= 0.6 is 0 Å². The Labute approximate surface area is 148 Å². The van der Waals surface area contributed by atoms with Gasteiger partial charge in [0.2, 0.25) is 5.91 Å². The van der Waals surface area contributed by atoms with Crippen molar-refractivity contribution in [2.75, 3.05) is 37.6 Å². The van der Waals surface area contributed by atoms with Gasteiger partial charge in [0.15, 0.2) is 0 Å². The van der Waals surface area contributed by atoms with Crippen molar-refractivity contribution in [3.8, 4) is 0 Å². The van der Waals surface area contributed by atoms with E-state index in [2.05, 4.69) is 15.2 Å². The van der Waals surface area contributed by atoms with Gasteiger partial charge in [-0.25, -0.2) is 4.98 Å². The van der Waals surface area contributed by atoms with Crippen LogP contribution in [0.5, 0.6) is 0 Å². The number of anilines is 1. The Morgan fingerprint density at radius 3 is 2.68 bits per heavy atom. The summed E-state index contributed by atoms with van der Waals surface area (Å²) < 4.78 is 5.60. The molecule has 1 atom stereocenters. The molecule has 1 N–H and O–H groups in total. The molecule has 2 aromatic rings. The van der Waals surface area contributed by atoms with Crippen LogP contribution in [-0.4, -0.2) is 48.5 Å². The normalized spacial score (nSPS) is 16.1. The first-order valence-electron chi connectivity index (χ1n) is 8.87. The largest absolute Gasteiger partial charge is 0.465 e. The molecule has 0 unspecified atom stereocenters. The molecule has 1 aliphatic heterocycles. The number of piperazine rings is 1. The number of aryl methyl sites for hydroxylation is 1. The Bertz CT molecular complexity index is 678. The molecule has 0 radical (unpaired) electrons. The summed E-state index contributed by atoms with van der Waals surface area (Å²) in [6, 6.07) is 9.97. The van der Waals surface area contributed by atoms with E-state index >= 15 is 0 Å². The van der Waals surface area contributed by atoms with Gasteiger partial charge in [0.25, 0.3) is 0 Å². The molecular formula is C19H26N4O2. The van der Waals surface area contributed by atoms with Crippen LogP contribution in [0.2, 0.25) is 0 Å². The molecular weight excluding hydrogens is 316 g/mol. The molecule has 25 heavy (non-hydrogen) atoms. The fraction of sp³-hybridized carbons (Fsp3) is 0.474. The van der Waals surface area contributed by atoms with Crippen molar-refractivity contribution in [2.45, 2.75) is 26.3 Å². The van der Waals surface area contributed by atoms with Gasteiger partial charge in [0.1, 0.15) is 17.3 Å². The summed E-state index contributed by atoms with van der Waals surface area (Å²) in [7, 11) is 0. The number of pyridine rings is 1. The molecule has 0 aromatic carbocycles. The van der Waals surface area contributed by atoms with Crippen molar-refractivity contribution < 1.29 is 9.21 Å². The first-order chi connectivity index (χ1) is 12.1. The number of rotatable bonds is 6. The van der Waals surface area contributed by atoms with Gasteiger partial charge in [0.05, 0.1) is 6.04 Å². The molecule has 1 amide bonds. The molecule has 3 heterocycles. The van der Waals surface area contributed by atoms with Gasteiger partial charge < -0.3 is 19.5 Å². The number of carbonyl (C=O) groups is 1. The zero-order chi connectivity index (χ0) is 17.6. The summed E-state index contributed by atoms with van der Waals surface area (Å²) in [6.07, 6.45) is 2.31. The molecule has 6 heteroatoms. The van der Waals surface area contributed by atoms with Gasteiger partial charge in [-0.1, -0.05) is 6.07 Å². The smallest absolute Gasteiger partial charge is 0.223 e. The minimum Gasteiger partial charge on any atom is -0.465 e. The van der Waals surface area contributed by atoms with E-state index in [9.17, 15) is 4.79 Å². The van der Waals surface area contributed by atoms with Crippen LogP contribution < -0.4 is 10.2 Å². The van der Waals surface area contributed by atoms with Crippen molar-refractivity contribution in [1.82, 2.24) is 15.2 Å². The number of nitrogens with zero attached hydrogens (tertiary/aromatic N) is 3. The highest BCUT2D eigenvalue weighted by Crippen LogP contribution is 2.16. The number of hydrogen-bond donors (Lipinski definition) is 1. The Kier molecular flexibility index (Phi) is 5.71. The third kappa shape index (κ3) is 4.60. The van der Waals surface area contributed by atoms with E-state index in [0.717, 1.165) is 43.5 Å². The van der Waals surface area contributed by atoms with E-state index in [-0.39, 0.29) is 11.9 Å². The van der Waals surface area contributed by atoms with Gasteiger partial charge in [-0.3, -0.25) is 4.79 Å². The third-order valence-corrected chi connectivity index (χ3v) is 4.58. The standard InChI is InChI=1S/C19H26N4O2/c1-15-6-7-17(25-15)16(2)20-10-8-19(24)23-13-11-22(12-14-23)18-5-3-4-9-21-18/h3-7,9,16,20H,8,10-14H2,1-2H3/t16-/m1/s1. The summed E-state index contributed by atoms with van der Waals surface area (Å²) in [5.74, 6) is 3.01. The fourth-order valence-corrected chi connectivity index (χ4v) is 3.07. The lowest BCUT2D eigenvalue weighted by molar-refractivity contribution is -0.131. The molecule has 0 spiro atoms. The van der Waals surface area contributed by atoms with Crippen LogP contribution in [0, 0.1) is 6.92 Å². The van der Waals surface area contributed by atoms with E-state index in [1.165, 1.54) is 0 Å². The molecule has 1 fully saturated rings. The summed E-state index contributed by atoms with van der Waals surface area (Å²) in [5.41, 5.74) is 0. The maximum absolute atomic E-state index is 12.4. The monoisotopic (exact) mass is 342 g/mol. The van der Waals surface area contributed by atoms with Gasteiger partial charge in [-0.2, -0.15) is 0 Å². The molecule has 0 bridgehead atoms. The van der Waals surface area contributed by atoms with Gasteiger partial charge in [-0.05, 0) is 38.1 Å².